The van der Waals surface area contributed by atoms with Crippen molar-refractivity contribution in [3.63, 3.8) is 0 Å². The standard InChI is InChI=1S/C24H17Br2N3O/c1-14-2-4-15(5-3-14)13-30-29-24-19-11-17(26)7-9-22(19)28-23(24)20-12-27-21-8-6-16(25)10-18(20)21/h2-12,27H,13H2,1H3/b29-24+. The van der Waals surface area contributed by atoms with Crippen molar-refractivity contribution in [2.75, 3.05) is 0 Å². The summed E-state index contributed by atoms with van der Waals surface area (Å²) in [5, 5.41) is 5.61. The topological polar surface area (TPSA) is 49.7 Å². The molecule has 4 aromatic rings. The first-order valence-corrected chi connectivity index (χ1v) is 11.1. The molecule has 6 heteroatoms. The number of benzene rings is 3. The van der Waals surface area contributed by atoms with Crippen molar-refractivity contribution in [1.29, 1.82) is 0 Å². The van der Waals surface area contributed by atoms with Crippen LogP contribution in [0.2, 0.25) is 0 Å². The highest BCUT2D eigenvalue weighted by Crippen LogP contribution is 2.34. The quantitative estimate of drug-likeness (QED) is 0.286. The number of aryl methyl sites for hydroxylation is 1. The van der Waals surface area contributed by atoms with E-state index in [9.17, 15) is 0 Å². The average molecular weight is 523 g/mol. The number of hydrogen-bond acceptors (Lipinski definition) is 3. The maximum Gasteiger partial charge on any atom is 0.142 e. The van der Waals surface area contributed by atoms with Gasteiger partial charge in [-0.05, 0) is 48.9 Å². The molecule has 1 aliphatic rings. The summed E-state index contributed by atoms with van der Waals surface area (Å²) in [6, 6.07) is 20.4. The zero-order valence-corrected chi connectivity index (χ0v) is 19.3. The van der Waals surface area contributed by atoms with E-state index in [2.05, 4.69) is 79.3 Å². The van der Waals surface area contributed by atoms with Crippen molar-refractivity contribution in [2.24, 2.45) is 10.1 Å². The lowest BCUT2D eigenvalue weighted by Crippen LogP contribution is -2.13. The predicted molar refractivity (Wildman–Crippen MR) is 129 cm³/mol. The van der Waals surface area contributed by atoms with Crippen molar-refractivity contribution in [1.82, 2.24) is 4.98 Å². The van der Waals surface area contributed by atoms with E-state index in [1.165, 1.54) is 5.56 Å². The smallest absolute Gasteiger partial charge is 0.142 e. The monoisotopic (exact) mass is 521 g/mol. The van der Waals surface area contributed by atoms with Gasteiger partial charge in [0.25, 0.3) is 0 Å². The molecular weight excluding hydrogens is 506 g/mol. The van der Waals surface area contributed by atoms with Crippen LogP contribution in [0.15, 0.2) is 86.0 Å². The van der Waals surface area contributed by atoms with E-state index < -0.39 is 0 Å². The lowest BCUT2D eigenvalue weighted by Gasteiger charge is -2.06. The normalized spacial score (nSPS) is 14.2. The second kappa shape index (κ2) is 7.85. The fourth-order valence-corrected chi connectivity index (χ4v) is 4.24. The van der Waals surface area contributed by atoms with Crippen LogP contribution in [0.25, 0.3) is 10.9 Å². The fourth-order valence-electron chi connectivity index (χ4n) is 3.52. The molecule has 1 aromatic heterocycles. The molecule has 30 heavy (non-hydrogen) atoms. The number of oxime groups is 1. The summed E-state index contributed by atoms with van der Waals surface area (Å²) in [6.07, 6.45) is 1.98. The van der Waals surface area contributed by atoms with Gasteiger partial charge >= 0.3 is 0 Å². The number of H-pyrrole nitrogens is 1. The van der Waals surface area contributed by atoms with Crippen molar-refractivity contribution in [3.05, 3.63) is 98.1 Å². The summed E-state index contributed by atoms with van der Waals surface area (Å²) < 4.78 is 1.99. The van der Waals surface area contributed by atoms with Gasteiger partial charge in [0.05, 0.1) is 5.69 Å². The number of fused-ring (bicyclic) bond motifs is 2. The first kappa shape index (κ1) is 19.3. The minimum Gasteiger partial charge on any atom is -0.390 e. The number of rotatable bonds is 4. The van der Waals surface area contributed by atoms with E-state index in [1.54, 1.807) is 0 Å². The first-order chi connectivity index (χ1) is 14.6. The predicted octanol–water partition coefficient (Wildman–Crippen LogP) is 7.06. The Labute approximate surface area is 190 Å². The van der Waals surface area contributed by atoms with Crippen LogP contribution in [-0.2, 0) is 11.4 Å². The number of halogens is 2. The van der Waals surface area contributed by atoms with Gasteiger partial charge in [-0.15, -0.1) is 0 Å². The molecule has 0 aliphatic carbocycles. The summed E-state index contributed by atoms with van der Waals surface area (Å²) in [5.74, 6) is 0. The molecule has 0 saturated carbocycles. The molecule has 0 spiro atoms. The molecule has 0 saturated heterocycles. The second-order valence-corrected chi connectivity index (χ2v) is 9.04. The van der Waals surface area contributed by atoms with Crippen LogP contribution < -0.4 is 0 Å². The first-order valence-electron chi connectivity index (χ1n) is 9.50. The van der Waals surface area contributed by atoms with Gasteiger partial charge in [0.1, 0.15) is 18.0 Å². The summed E-state index contributed by atoms with van der Waals surface area (Å²) >= 11 is 7.13. The van der Waals surface area contributed by atoms with Crippen LogP contribution in [0.3, 0.4) is 0 Å². The Bertz CT molecular complexity index is 1320. The van der Waals surface area contributed by atoms with Crippen molar-refractivity contribution in [2.45, 2.75) is 13.5 Å². The number of nitrogens with one attached hydrogen (secondary N) is 1. The lowest BCUT2D eigenvalue weighted by atomic mass is 10.0. The number of aliphatic imine (C=N–C) groups is 1. The van der Waals surface area contributed by atoms with E-state index in [4.69, 9.17) is 9.83 Å². The molecule has 0 radical (unpaired) electrons. The summed E-state index contributed by atoms with van der Waals surface area (Å²) in [6.45, 7) is 2.47. The van der Waals surface area contributed by atoms with Crippen LogP contribution in [0.5, 0.6) is 0 Å². The Balaban J connectivity index is 1.55. The molecule has 5 rings (SSSR count). The third-order valence-corrected chi connectivity index (χ3v) is 6.06. The van der Waals surface area contributed by atoms with Crippen molar-refractivity contribution < 1.29 is 4.84 Å². The van der Waals surface area contributed by atoms with Gasteiger partial charge in [0.15, 0.2) is 0 Å². The van der Waals surface area contributed by atoms with Gasteiger partial charge in [0, 0.05) is 37.2 Å². The van der Waals surface area contributed by atoms with Gasteiger partial charge in [-0.1, -0.05) is 66.8 Å². The maximum atomic E-state index is 5.78. The van der Waals surface area contributed by atoms with E-state index in [0.717, 1.165) is 53.6 Å². The fraction of sp³-hybridized carbons (Fsp3) is 0.0833. The van der Waals surface area contributed by atoms with Crippen LogP contribution in [-0.4, -0.2) is 16.4 Å². The second-order valence-electron chi connectivity index (χ2n) is 7.21. The molecule has 0 bridgehead atoms. The van der Waals surface area contributed by atoms with Gasteiger partial charge in [-0.25, -0.2) is 4.99 Å². The summed E-state index contributed by atoms with van der Waals surface area (Å²) in [7, 11) is 0. The van der Waals surface area contributed by atoms with Crippen LogP contribution >= 0.6 is 31.9 Å². The van der Waals surface area contributed by atoms with Gasteiger partial charge in [0.2, 0.25) is 0 Å². The van der Waals surface area contributed by atoms with E-state index >= 15 is 0 Å². The third-order valence-electron chi connectivity index (χ3n) is 5.08. The minimum atomic E-state index is 0.403. The van der Waals surface area contributed by atoms with Gasteiger partial charge in [-0.3, -0.25) is 0 Å². The SMILES string of the molecule is Cc1ccc(CO/N=C2/C(c3c[nH]c4ccc(Br)cc34)=Nc3ccc(Br)cc32)cc1. The van der Waals surface area contributed by atoms with Crippen molar-refractivity contribution >= 4 is 59.9 Å². The Morgan fingerprint density at radius 3 is 2.53 bits per heavy atom. The molecular formula is C24H17Br2N3O. The van der Waals surface area contributed by atoms with Gasteiger partial charge in [-0.2, -0.15) is 0 Å². The van der Waals surface area contributed by atoms with E-state index in [-0.39, 0.29) is 0 Å². The molecule has 0 atom stereocenters. The molecule has 1 N–H and O–H groups in total. The largest absolute Gasteiger partial charge is 0.390 e. The van der Waals surface area contributed by atoms with Crippen LogP contribution in [0.1, 0.15) is 22.3 Å². The molecule has 1 aliphatic heterocycles. The maximum absolute atomic E-state index is 5.78. The molecule has 3 aromatic carbocycles. The lowest BCUT2D eigenvalue weighted by molar-refractivity contribution is 0.131. The Hall–Kier alpha value is -2.70. The zero-order valence-electron chi connectivity index (χ0n) is 16.1. The zero-order chi connectivity index (χ0) is 20.7. The Kier molecular flexibility index (Phi) is 5.05. The highest BCUT2D eigenvalue weighted by atomic mass is 79.9. The van der Waals surface area contributed by atoms with E-state index in [0.29, 0.717) is 6.61 Å². The number of hydrogen-bond donors (Lipinski definition) is 1. The molecule has 4 nitrogen and oxygen atoms in total. The third kappa shape index (κ3) is 3.61. The summed E-state index contributed by atoms with van der Waals surface area (Å²) in [4.78, 5) is 14.0. The Morgan fingerprint density at radius 2 is 1.70 bits per heavy atom. The summed E-state index contributed by atoms with van der Waals surface area (Å²) in [5.41, 5.74) is 7.72. The number of aromatic nitrogens is 1. The van der Waals surface area contributed by atoms with Gasteiger partial charge < -0.3 is 9.82 Å². The molecule has 148 valence electrons. The molecule has 0 fully saturated rings. The number of nitrogens with zero attached hydrogens (tertiary/aromatic N) is 2. The average Bonchev–Trinajstić information content (AvgIpc) is 3.30. The van der Waals surface area contributed by atoms with Crippen LogP contribution in [0.4, 0.5) is 5.69 Å². The van der Waals surface area contributed by atoms with Crippen molar-refractivity contribution in [3.8, 4) is 0 Å². The molecule has 2 heterocycles. The highest BCUT2D eigenvalue weighted by molar-refractivity contribution is 9.10. The van der Waals surface area contributed by atoms with E-state index in [1.807, 2.05) is 36.5 Å². The van der Waals surface area contributed by atoms with Crippen LogP contribution in [0, 0.1) is 6.92 Å². The molecule has 0 amide bonds. The Morgan fingerprint density at radius 1 is 0.933 bits per heavy atom. The highest BCUT2D eigenvalue weighted by Gasteiger charge is 2.27. The minimum absolute atomic E-state index is 0.403. The number of aromatic amines is 1. The molecule has 0 unspecified atom stereocenters.